The van der Waals surface area contributed by atoms with E-state index in [9.17, 15) is 25.5 Å². The Hall–Kier alpha value is -0.440. The first kappa shape index (κ1) is 19.3. The van der Waals surface area contributed by atoms with E-state index in [1.807, 2.05) is 0 Å². The summed E-state index contributed by atoms with van der Waals surface area (Å²) in [6, 6.07) is -1.37. The van der Waals surface area contributed by atoms with Gasteiger partial charge < -0.3 is 50.2 Å². The van der Waals surface area contributed by atoms with Crippen molar-refractivity contribution in [3.63, 3.8) is 0 Å². The summed E-state index contributed by atoms with van der Waals surface area (Å²) in [4.78, 5) is 0. The monoisotopic (exact) mass is 366 g/mol. The molecule has 3 heterocycles. The second kappa shape index (κ2) is 7.29. The van der Waals surface area contributed by atoms with Crippen LogP contribution in [0, 0.1) is 0 Å². The number of ether oxygens (including phenoxy) is 4. The molecule has 146 valence electrons. The summed E-state index contributed by atoms with van der Waals surface area (Å²) in [5.41, 5.74) is 5.84. The lowest BCUT2D eigenvalue weighted by atomic mass is 9.97. The maximum absolute atomic E-state index is 10.4. The third-order valence-corrected chi connectivity index (χ3v) is 5.00. The second-order valence-corrected chi connectivity index (χ2v) is 6.60. The number of nitrogens with two attached hydrogens (primary N) is 1. The molecule has 10 atom stereocenters. The number of rotatable bonds is 5. The molecule has 0 amide bonds. The van der Waals surface area contributed by atoms with E-state index in [0.29, 0.717) is 0 Å². The van der Waals surface area contributed by atoms with Gasteiger partial charge in [-0.25, -0.2) is 0 Å². The van der Waals surface area contributed by atoms with Crippen LogP contribution in [0.3, 0.4) is 0 Å². The fourth-order valence-electron chi connectivity index (χ4n) is 3.40. The summed E-state index contributed by atoms with van der Waals surface area (Å²) in [5, 5.41) is 52.1. The van der Waals surface area contributed by atoms with Crippen LogP contribution < -0.4 is 11.1 Å². The average molecular weight is 366 g/mol. The van der Waals surface area contributed by atoms with Crippen molar-refractivity contribution in [3.05, 3.63) is 0 Å². The van der Waals surface area contributed by atoms with Gasteiger partial charge in [0.05, 0.1) is 31.4 Å². The number of fused-ring (bicyclic) bond motifs is 1. The highest BCUT2D eigenvalue weighted by atomic mass is 16.8. The summed E-state index contributed by atoms with van der Waals surface area (Å²) in [6.07, 6.45) is -7.78. The summed E-state index contributed by atoms with van der Waals surface area (Å²) >= 11 is 0. The zero-order valence-electron chi connectivity index (χ0n) is 13.8. The molecule has 0 spiro atoms. The van der Waals surface area contributed by atoms with Gasteiger partial charge in [0.1, 0.15) is 30.5 Å². The maximum Gasteiger partial charge on any atom is 0.244 e. The molecular weight excluding hydrogens is 340 g/mol. The topological polar surface area (TPSA) is 186 Å². The standard InChI is InChI=1S/C14H26N2O9/c1-22-14-8(16-14)2-5(19)12(7(4-18)25-14)24-13-9(15)11(21)10(20)6(3-17)23-13/h5-13,16-21H,2-4,15H2,1H3. The van der Waals surface area contributed by atoms with Gasteiger partial charge in [-0.15, -0.1) is 0 Å². The van der Waals surface area contributed by atoms with E-state index in [2.05, 4.69) is 5.32 Å². The van der Waals surface area contributed by atoms with Gasteiger partial charge >= 0.3 is 0 Å². The number of aliphatic hydroxyl groups is 5. The van der Waals surface area contributed by atoms with Crippen LogP contribution in [0.4, 0.5) is 0 Å². The van der Waals surface area contributed by atoms with Crippen LogP contribution >= 0.6 is 0 Å². The zero-order valence-corrected chi connectivity index (χ0v) is 13.8. The van der Waals surface area contributed by atoms with Gasteiger partial charge in [-0.05, 0) is 6.42 Å². The summed E-state index contributed by atoms with van der Waals surface area (Å²) in [5.74, 6) is -1.08. The van der Waals surface area contributed by atoms with Gasteiger partial charge in [0.15, 0.2) is 6.29 Å². The fraction of sp³-hybridized carbons (Fsp3) is 1.00. The Kier molecular flexibility index (Phi) is 5.63. The highest BCUT2D eigenvalue weighted by molar-refractivity contribution is 5.06. The zero-order chi connectivity index (χ0) is 18.4. The smallest absolute Gasteiger partial charge is 0.244 e. The largest absolute Gasteiger partial charge is 0.394 e. The molecule has 25 heavy (non-hydrogen) atoms. The summed E-state index contributed by atoms with van der Waals surface area (Å²) in [7, 11) is 1.44. The Morgan fingerprint density at radius 3 is 2.44 bits per heavy atom. The first-order valence-electron chi connectivity index (χ1n) is 8.20. The molecule has 0 aromatic rings. The maximum atomic E-state index is 10.4. The first-order valence-corrected chi connectivity index (χ1v) is 8.20. The molecule has 11 nitrogen and oxygen atoms in total. The minimum atomic E-state index is -1.38. The van der Waals surface area contributed by atoms with Crippen molar-refractivity contribution in [2.24, 2.45) is 5.73 Å². The minimum absolute atomic E-state index is 0.242. The molecule has 3 fully saturated rings. The number of aliphatic hydroxyl groups excluding tert-OH is 5. The van der Waals surface area contributed by atoms with Crippen molar-refractivity contribution < 1.29 is 44.5 Å². The average Bonchev–Trinajstić information content (AvgIpc) is 3.30. The molecule has 0 aromatic carbocycles. The van der Waals surface area contributed by atoms with Crippen molar-refractivity contribution >= 4 is 0 Å². The quantitative estimate of drug-likeness (QED) is 0.233. The molecule has 0 aliphatic carbocycles. The minimum Gasteiger partial charge on any atom is -0.394 e. The van der Waals surface area contributed by atoms with Crippen molar-refractivity contribution in [2.75, 3.05) is 20.3 Å². The molecule has 8 N–H and O–H groups in total. The van der Waals surface area contributed by atoms with Crippen molar-refractivity contribution in [1.29, 1.82) is 0 Å². The van der Waals surface area contributed by atoms with Crippen molar-refractivity contribution in [1.82, 2.24) is 5.32 Å². The predicted octanol–water partition coefficient (Wildman–Crippen LogP) is -4.45. The second-order valence-electron chi connectivity index (χ2n) is 6.60. The number of hydrogen-bond acceptors (Lipinski definition) is 11. The lowest BCUT2D eigenvalue weighted by Gasteiger charge is -2.42. The number of methoxy groups -OCH3 is 1. The van der Waals surface area contributed by atoms with E-state index < -0.39 is 68.1 Å². The number of hydrogen-bond donors (Lipinski definition) is 7. The van der Waals surface area contributed by atoms with E-state index in [-0.39, 0.29) is 12.5 Å². The third kappa shape index (κ3) is 3.42. The van der Waals surface area contributed by atoms with Gasteiger partial charge in [0.2, 0.25) is 5.91 Å². The van der Waals surface area contributed by atoms with Crippen molar-refractivity contribution in [3.8, 4) is 0 Å². The van der Waals surface area contributed by atoms with Crippen LogP contribution in [0.15, 0.2) is 0 Å². The molecule has 0 radical (unpaired) electrons. The lowest BCUT2D eigenvalue weighted by molar-refractivity contribution is -0.305. The van der Waals surface area contributed by atoms with Crippen LogP contribution in [0.25, 0.3) is 0 Å². The lowest BCUT2D eigenvalue weighted by Crippen LogP contribution is -2.64. The van der Waals surface area contributed by atoms with E-state index in [1.165, 1.54) is 7.11 Å². The normalized spacial score (nSPS) is 53.2. The molecule has 3 rings (SSSR count). The highest BCUT2D eigenvalue weighted by Crippen LogP contribution is 2.39. The first-order chi connectivity index (χ1) is 11.9. The highest BCUT2D eigenvalue weighted by Gasteiger charge is 2.62. The van der Waals surface area contributed by atoms with Crippen LogP contribution in [-0.2, 0) is 18.9 Å². The molecule has 11 heteroatoms. The van der Waals surface area contributed by atoms with E-state index in [0.717, 1.165) is 0 Å². The van der Waals surface area contributed by atoms with Gasteiger partial charge in [-0.1, -0.05) is 0 Å². The third-order valence-electron chi connectivity index (χ3n) is 5.00. The Bertz CT molecular complexity index is 470. The van der Waals surface area contributed by atoms with Gasteiger partial charge in [-0.2, -0.15) is 0 Å². The summed E-state index contributed by atoms with van der Waals surface area (Å²) < 4.78 is 22.1. The van der Waals surface area contributed by atoms with E-state index in [1.54, 1.807) is 0 Å². The Morgan fingerprint density at radius 1 is 1.16 bits per heavy atom. The number of nitrogens with one attached hydrogen (secondary N) is 1. The Balaban J connectivity index is 1.73. The molecule has 10 unspecified atom stereocenters. The molecule has 3 aliphatic heterocycles. The summed E-state index contributed by atoms with van der Waals surface area (Å²) in [6.45, 7) is -1.01. The van der Waals surface area contributed by atoms with E-state index >= 15 is 0 Å². The van der Waals surface area contributed by atoms with Crippen LogP contribution in [0.2, 0.25) is 0 Å². The molecular formula is C14H26N2O9. The molecule has 0 aromatic heterocycles. The Labute approximate surface area is 144 Å². The SMILES string of the molecule is COC12NC1CC(O)C(OC1OC(CO)C(O)C(O)C1N)C(CO)O2. The van der Waals surface area contributed by atoms with E-state index in [4.69, 9.17) is 24.7 Å². The molecule has 3 saturated heterocycles. The molecule has 0 saturated carbocycles. The molecule has 3 aliphatic rings. The van der Waals surface area contributed by atoms with Gasteiger partial charge in [0, 0.05) is 7.11 Å². The van der Waals surface area contributed by atoms with Gasteiger partial charge in [0.25, 0.3) is 0 Å². The van der Waals surface area contributed by atoms with Crippen LogP contribution in [0.5, 0.6) is 0 Å². The van der Waals surface area contributed by atoms with Crippen LogP contribution in [0.1, 0.15) is 6.42 Å². The fourth-order valence-corrected chi connectivity index (χ4v) is 3.40. The van der Waals surface area contributed by atoms with Gasteiger partial charge in [-0.3, -0.25) is 5.32 Å². The molecule has 0 bridgehead atoms. The van der Waals surface area contributed by atoms with Crippen molar-refractivity contribution in [2.45, 2.75) is 67.3 Å². The van der Waals surface area contributed by atoms with Crippen LogP contribution in [-0.4, -0.2) is 107 Å². The Morgan fingerprint density at radius 2 is 1.84 bits per heavy atom. The predicted molar refractivity (Wildman–Crippen MR) is 79.9 cm³/mol.